The maximum Gasteiger partial charge on any atom is 0.237 e. The van der Waals surface area contributed by atoms with E-state index in [1.165, 1.54) is 4.90 Å². The third kappa shape index (κ3) is 1.44. The molecule has 4 nitrogen and oxygen atoms in total. The topological polar surface area (TPSA) is 57.6 Å². The highest BCUT2D eigenvalue weighted by Crippen LogP contribution is 2.42. The minimum absolute atomic E-state index is 0.0148. The first kappa shape index (κ1) is 10.9. The van der Waals surface area contributed by atoms with Crippen LogP contribution in [-0.4, -0.2) is 35.0 Å². The monoisotopic (exact) mass is 219 g/mol. The lowest BCUT2D eigenvalue weighted by molar-refractivity contribution is -0.139. The van der Waals surface area contributed by atoms with Gasteiger partial charge in [0, 0.05) is 19.6 Å². The third-order valence-electron chi connectivity index (χ3n) is 3.12. The van der Waals surface area contributed by atoms with E-state index in [9.17, 15) is 9.59 Å². The summed E-state index contributed by atoms with van der Waals surface area (Å²) in [4.78, 5) is 24.9. The van der Waals surface area contributed by atoms with Crippen LogP contribution in [0.15, 0.2) is 11.6 Å². The molecular weight excluding hydrogens is 206 g/mol. The number of carbonyl (C=O) groups is 2. The van der Waals surface area contributed by atoms with Crippen LogP contribution in [0, 0.1) is 24.2 Å². The van der Waals surface area contributed by atoms with Crippen LogP contribution in [0.2, 0.25) is 0 Å². The van der Waals surface area contributed by atoms with Gasteiger partial charge in [-0.1, -0.05) is 11.6 Å². The number of carbonyl (C=O) groups excluding carboxylic acids is 2. The van der Waals surface area contributed by atoms with Gasteiger partial charge in [0.25, 0.3) is 0 Å². The van der Waals surface area contributed by atoms with Gasteiger partial charge in [0.05, 0.1) is 11.8 Å². The number of fused-ring (bicyclic) bond motifs is 1. The second-order valence-corrected chi connectivity index (χ2v) is 4.00. The first-order valence-corrected chi connectivity index (χ1v) is 5.31. The maximum atomic E-state index is 11.9. The molecule has 0 saturated carbocycles. The molecule has 0 aromatic rings. The normalized spacial score (nSPS) is 27.2. The van der Waals surface area contributed by atoms with Crippen LogP contribution in [-0.2, 0) is 9.59 Å². The van der Waals surface area contributed by atoms with E-state index >= 15 is 0 Å². The number of aliphatic hydroxyl groups is 1. The summed E-state index contributed by atoms with van der Waals surface area (Å²) in [6, 6.07) is 0. The van der Waals surface area contributed by atoms with Crippen LogP contribution in [0.25, 0.3) is 0 Å². The Morgan fingerprint density at radius 3 is 2.81 bits per heavy atom. The van der Waals surface area contributed by atoms with E-state index in [-0.39, 0.29) is 30.3 Å². The Labute approximate surface area is 93.9 Å². The fraction of sp³-hybridized carbons (Fsp3) is 0.500. The summed E-state index contributed by atoms with van der Waals surface area (Å²) in [5.74, 6) is 1.50. The minimum atomic E-state index is -0.322. The van der Waals surface area contributed by atoms with Crippen LogP contribution in [0.5, 0.6) is 0 Å². The smallest absolute Gasteiger partial charge is 0.237 e. The zero-order valence-corrected chi connectivity index (χ0v) is 8.85. The van der Waals surface area contributed by atoms with Crippen molar-refractivity contribution in [3.05, 3.63) is 11.6 Å². The number of hydrogen-bond acceptors (Lipinski definition) is 3. The van der Waals surface area contributed by atoms with Gasteiger partial charge in [-0.25, -0.2) is 0 Å². The zero-order chi connectivity index (χ0) is 11.7. The summed E-state index contributed by atoms with van der Waals surface area (Å²) in [5, 5.41) is 8.80. The molecule has 2 rings (SSSR count). The molecule has 0 spiro atoms. The molecule has 2 aliphatic rings. The van der Waals surface area contributed by atoms with Crippen molar-refractivity contribution < 1.29 is 14.7 Å². The molecule has 2 amide bonds. The van der Waals surface area contributed by atoms with E-state index in [2.05, 4.69) is 5.92 Å². The number of likely N-dealkylation sites (tertiary alicyclic amines) is 1. The van der Waals surface area contributed by atoms with Gasteiger partial charge in [-0.15, -0.1) is 12.3 Å². The van der Waals surface area contributed by atoms with Gasteiger partial charge in [-0.3, -0.25) is 14.5 Å². The molecule has 0 aromatic heterocycles. The van der Waals surface area contributed by atoms with Gasteiger partial charge in [-0.2, -0.15) is 0 Å². The van der Waals surface area contributed by atoms with E-state index in [0.29, 0.717) is 19.4 Å². The first-order valence-electron chi connectivity index (χ1n) is 5.31. The van der Waals surface area contributed by atoms with E-state index < -0.39 is 0 Å². The Kier molecular flexibility index (Phi) is 2.80. The number of aliphatic hydroxyl groups excluding tert-OH is 1. The second-order valence-electron chi connectivity index (χ2n) is 4.00. The van der Waals surface area contributed by atoms with Gasteiger partial charge in [-0.05, 0) is 6.42 Å². The van der Waals surface area contributed by atoms with Crippen molar-refractivity contribution in [3.8, 4) is 12.3 Å². The van der Waals surface area contributed by atoms with Crippen molar-refractivity contribution in [2.45, 2.75) is 12.8 Å². The summed E-state index contributed by atoms with van der Waals surface area (Å²) < 4.78 is 0. The van der Waals surface area contributed by atoms with Crippen molar-refractivity contribution in [1.82, 2.24) is 4.90 Å². The molecule has 1 heterocycles. The Balaban J connectivity index is 2.08. The highest BCUT2D eigenvalue weighted by atomic mass is 16.3. The summed E-state index contributed by atoms with van der Waals surface area (Å²) in [5.41, 5.74) is 0.883. The van der Waals surface area contributed by atoms with E-state index in [0.717, 1.165) is 5.57 Å². The fourth-order valence-electron chi connectivity index (χ4n) is 2.29. The molecule has 1 fully saturated rings. The molecule has 1 N–H and O–H groups in total. The molecule has 4 heteroatoms. The molecule has 1 saturated heterocycles. The van der Waals surface area contributed by atoms with Gasteiger partial charge in [0.2, 0.25) is 11.8 Å². The van der Waals surface area contributed by atoms with E-state index in [4.69, 9.17) is 11.5 Å². The van der Waals surface area contributed by atoms with Gasteiger partial charge in [0.1, 0.15) is 0 Å². The predicted octanol–water partition coefficient (Wildman–Crippen LogP) is -0.0667. The molecule has 16 heavy (non-hydrogen) atoms. The highest BCUT2D eigenvalue weighted by molar-refractivity contribution is 6.09. The highest BCUT2D eigenvalue weighted by Gasteiger charge is 2.52. The average molecular weight is 219 g/mol. The lowest BCUT2D eigenvalue weighted by Crippen LogP contribution is -2.31. The number of amides is 2. The van der Waals surface area contributed by atoms with Gasteiger partial charge >= 0.3 is 0 Å². The Morgan fingerprint density at radius 2 is 2.19 bits per heavy atom. The number of imide groups is 1. The molecule has 0 bridgehead atoms. The number of terminal acetylenes is 1. The van der Waals surface area contributed by atoms with Gasteiger partial charge in [0.15, 0.2) is 0 Å². The molecule has 0 aromatic carbocycles. The van der Waals surface area contributed by atoms with Crippen LogP contribution in [0.4, 0.5) is 0 Å². The third-order valence-corrected chi connectivity index (χ3v) is 3.12. The quantitative estimate of drug-likeness (QED) is 0.409. The van der Waals surface area contributed by atoms with Crippen LogP contribution < -0.4 is 0 Å². The van der Waals surface area contributed by atoms with Crippen LogP contribution in [0.1, 0.15) is 12.8 Å². The minimum Gasteiger partial charge on any atom is -0.396 e. The summed E-state index contributed by atoms with van der Waals surface area (Å²) in [6.07, 6.45) is 7.77. The van der Waals surface area contributed by atoms with Crippen molar-refractivity contribution in [3.63, 3.8) is 0 Å². The van der Waals surface area contributed by atoms with Gasteiger partial charge < -0.3 is 5.11 Å². The molecule has 2 atom stereocenters. The number of hydrogen-bond donors (Lipinski definition) is 1. The molecule has 0 unspecified atom stereocenters. The molecule has 0 radical (unpaired) electrons. The Hall–Kier alpha value is -1.60. The summed E-state index contributed by atoms with van der Waals surface area (Å²) in [6.45, 7) is 0.322. The lowest BCUT2D eigenvalue weighted by Gasteiger charge is -2.25. The zero-order valence-electron chi connectivity index (χ0n) is 8.85. The SMILES string of the molecule is C#CCCN1C(=O)[C@H]2C(CCO)=C[C@@H]2C1=O. The first-order chi connectivity index (χ1) is 7.70. The van der Waals surface area contributed by atoms with Crippen LogP contribution >= 0.6 is 0 Å². The largest absolute Gasteiger partial charge is 0.396 e. The average Bonchev–Trinajstić information content (AvgIpc) is 2.40. The molecule has 1 aliphatic carbocycles. The second kappa shape index (κ2) is 4.11. The van der Waals surface area contributed by atoms with Crippen LogP contribution in [0.3, 0.4) is 0 Å². The lowest BCUT2D eigenvalue weighted by atomic mass is 9.75. The molecular formula is C12H13NO3. The standard InChI is InChI=1S/C12H13NO3/c1-2-3-5-13-11(15)9-7-8(4-6-14)10(9)12(13)16/h1,7,9-10,14H,3-6H2/t9-,10-/m0/s1. The van der Waals surface area contributed by atoms with Crippen molar-refractivity contribution in [2.24, 2.45) is 11.8 Å². The van der Waals surface area contributed by atoms with Crippen molar-refractivity contribution in [1.29, 1.82) is 0 Å². The number of rotatable bonds is 4. The van der Waals surface area contributed by atoms with Crippen molar-refractivity contribution in [2.75, 3.05) is 13.2 Å². The Morgan fingerprint density at radius 1 is 1.44 bits per heavy atom. The maximum absolute atomic E-state index is 11.9. The summed E-state index contributed by atoms with van der Waals surface area (Å²) in [7, 11) is 0. The predicted molar refractivity (Wildman–Crippen MR) is 56.9 cm³/mol. The fourth-order valence-corrected chi connectivity index (χ4v) is 2.29. The molecule has 1 aliphatic heterocycles. The van der Waals surface area contributed by atoms with Crippen molar-refractivity contribution >= 4 is 11.8 Å². The van der Waals surface area contributed by atoms with E-state index in [1.54, 1.807) is 6.08 Å². The number of nitrogens with zero attached hydrogens (tertiary/aromatic N) is 1. The summed E-state index contributed by atoms with van der Waals surface area (Å²) >= 11 is 0. The Bertz CT molecular complexity index is 405. The van der Waals surface area contributed by atoms with E-state index in [1.807, 2.05) is 0 Å². The molecule has 84 valence electrons.